The zero-order valence-corrected chi connectivity index (χ0v) is 34.1. The van der Waals surface area contributed by atoms with Crippen LogP contribution in [-0.2, 0) is 23.2 Å². The van der Waals surface area contributed by atoms with Gasteiger partial charge in [-0.05, 0) is 100 Å². The maximum absolute atomic E-state index is 15.1. The van der Waals surface area contributed by atoms with E-state index in [4.69, 9.17) is 14.7 Å². The van der Waals surface area contributed by atoms with E-state index < -0.39 is 29.4 Å². The SMILES string of the molecule is Cc1cc2cc(n1)-c1cnn(C)c1OCCC[C@@H](C)Cn1c(nc3ccc(N4CCC(NC5CC(Nc6cc(F)c([C@H]7CCC(=O)NC7=O)c(F)c6)C5)CC4)cc31)NC2=O. The number of fused-ring (bicyclic) bond motifs is 7. The molecule has 2 aromatic carbocycles. The molecule has 4 N–H and O–H groups in total. The van der Waals surface area contributed by atoms with Gasteiger partial charge in [-0.25, -0.2) is 18.4 Å². The van der Waals surface area contributed by atoms with Gasteiger partial charge in [0.05, 0.1) is 41.0 Å². The summed E-state index contributed by atoms with van der Waals surface area (Å²) >= 11 is 0. The molecule has 3 amide bonds. The molecule has 314 valence electrons. The minimum Gasteiger partial charge on any atom is -0.477 e. The van der Waals surface area contributed by atoms with E-state index in [9.17, 15) is 14.4 Å². The van der Waals surface area contributed by atoms with Crippen LogP contribution in [0.5, 0.6) is 5.88 Å². The van der Waals surface area contributed by atoms with Crippen molar-refractivity contribution in [2.24, 2.45) is 13.0 Å². The van der Waals surface area contributed by atoms with Gasteiger partial charge in [0, 0.05) is 79.4 Å². The number of carbonyl (C=O) groups is 3. The number of rotatable bonds is 6. The topological polar surface area (TPSA) is 160 Å². The minimum absolute atomic E-state index is 0.0524. The normalized spacial score (nSPS) is 22.8. The fraction of sp³-hybridized carbons (Fsp3) is 0.455. The lowest BCUT2D eigenvalue weighted by molar-refractivity contribution is -0.134. The summed E-state index contributed by atoms with van der Waals surface area (Å²) in [5, 5.41) is 16.8. The number of hydrogen-bond acceptors (Lipinski definition) is 10. The van der Waals surface area contributed by atoms with Gasteiger partial charge >= 0.3 is 0 Å². The molecule has 60 heavy (non-hydrogen) atoms. The van der Waals surface area contributed by atoms with Crippen LogP contribution in [0.25, 0.3) is 22.3 Å². The molecular weight excluding hydrogens is 771 g/mol. The smallest absolute Gasteiger partial charge is 0.258 e. The summed E-state index contributed by atoms with van der Waals surface area (Å²) in [6, 6.07) is 13.1. The molecule has 14 nitrogen and oxygen atoms in total. The second-order valence-corrected chi connectivity index (χ2v) is 16.9. The average molecular weight is 821 g/mol. The van der Waals surface area contributed by atoms with Crippen LogP contribution in [0.15, 0.2) is 48.7 Å². The molecule has 5 aromatic rings. The third-order valence-corrected chi connectivity index (χ3v) is 12.4. The first kappa shape index (κ1) is 39.6. The molecule has 0 spiro atoms. The Kier molecular flexibility index (Phi) is 10.7. The molecule has 3 fully saturated rings. The van der Waals surface area contributed by atoms with Crippen LogP contribution in [0.4, 0.5) is 26.1 Å². The second-order valence-electron chi connectivity index (χ2n) is 16.9. The van der Waals surface area contributed by atoms with Gasteiger partial charge in [0.15, 0.2) is 0 Å². The predicted octanol–water partition coefficient (Wildman–Crippen LogP) is 6.20. The molecule has 2 saturated heterocycles. The molecule has 6 heterocycles. The minimum atomic E-state index is -1.02. The van der Waals surface area contributed by atoms with Gasteiger partial charge < -0.3 is 24.8 Å². The number of nitrogens with one attached hydrogen (secondary N) is 4. The summed E-state index contributed by atoms with van der Waals surface area (Å²) in [5.41, 5.74) is 5.52. The van der Waals surface area contributed by atoms with Crippen molar-refractivity contribution in [3.05, 3.63) is 77.1 Å². The van der Waals surface area contributed by atoms with Crippen LogP contribution in [0.1, 0.15) is 85.8 Å². The van der Waals surface area contributed by atoms with Gasteiger partial charge in [0.1, 0.15) is 11.6 Å². The Bertz CT molecular complexity index is 2450. The number of benzene rings is 2. The van der Waals surface area contributed by atoms with Gasteiger partial charge in [0.25, 0.3) is 5.91 Å². The Morgan fingerprint density at radius 1 is 0.900 bits per heavy atom. The molecule has 0 unspecified atom stereocenters. The molecular formula is C44H50F2N10O4. The molecule has 3 aliphatic heterocycles. The first-order valence-electron chi connectivity index (χ1n) is 21.0. The molecule has 9 rings (SSSR count). The first-order chi connectivity index (χ1) is 28.9. The fourth-order valence-electron chi connectivity index (χ4n) is 9.19. The molecule has 1 saturated carbocycles. The van der Waals surface area contributed by atoms with Crippen molar-refractivity contribution >= 4 is 46.1 Å². The molecule has 4 aliphatic rings. The Morgan fingerprint density at radius 3 is 2.45 bits per heavy atom. The van der Waals surface area contributed by atoms with Crippen LogP contribution in [0.2, 0.25) is 0 Å². The standard InChI is InChI=1S/C44H50F2N10O4/c1-24-5-4-14-60-43-33(22-47-54(43)3)37-16-26(15-25(2)48-37)41(58)53-44-51-36-8-6-31(21-38(36)56(44)23-24)55-12-10-27(11-13-55)49-28-17-29(18-28)50-30-19-34(45)40(35(46)20-30)32-7-9-39(57)52-42(32)59/h6,8,15-16,19-22,24,27-29,32,49-50H,4-5,7,9-14,17-18,23H2,1-3H3,(H,51,53,58)(H,52,57,59)/t24-,28?,29?,32-/m1/s1. The number of halogens is 2. The van der Waals surface area contributed by atoms with E-state index in [-0.39, 0.29) is 36.3 Å². The Hall–Kier alpha value is -5.90. The summed E-state index contributed by atoms with van der Waals surface area (Å²) in [6.45, 7) is 7.05. The van der Waals surface area contributed by atoms with Crippen molar-refractivity contribution in [2.75, 3.05) is 35.2 Å². The number of amides is 3. The van der Waals surface area contributed by atoms with Gasteiger partial charge in [0.2, 0.25) is 23.6 Å². The van der Waals surface area contributed by atoms with Gasteiger partial charge in [-0.15, -0.1) is 0 Å². The largest absolute Gasteiger partial charge is 0.477 e. The summed E-state index contributed by atoms with van der Waals surface area (Å²) in [5.74, 6) is -2.52. The maximum Gasteiger partial charge on any atom is 0.258 e. The van der Waals surface area contributed by atoms with Crippen molar-refractivity contribution in [3.63, 3.8) is 0 Å². The molecule has 1 aliphatic carbocycles. The number of ether oxygens (including phenoxy) is 1. The lowest BCUT2D eigenvalue weighted by Crippen LogP contribution is -2.53. The fourth-order valence-corrected chi connectivity index (χ4v) is 9.19. The summed E-state index contributed by atoms with van der Waals surface area (Å²) in [7, 11) is 1.84. The van der Waals surface area contributed by atoms with Crippen molar-refractivity contribution in [2.45, 2.75) is 95.8 Å². The third-order valence-electron chi connectivity index (χ3n) is 12.4. The van der Waals surface area contributed by atoms with E-state index >= 15 is 8.78 Å². The molecule has 2 atom stereocenters. The van der Waals surface area contributed by atoms with Crippen LogP contribution >= 0.6 is 0 Å². The number of carbonyl (C=O) groups excluding carboxylic acids is 3. The number of piperidine rings is 2. The predicted molar refractivity (Wildman–Crippen MR) is 223 cm³/mol. The molecule has 3 aromatic heterocycles. The van der Waals surface area contributed by atoms with Crippen molar-refractivity contribution < 1.29 is 27.9 Å². The quantitative estimate of drug-likeness (QED) is 0.145. The number of imide groups is 1. The van der Waals surface area contributed by atoms with Crippen LogP contribution in [-0.4, -0.2) is 79.9 Å². The summed E-state index contributed by atoms with van der Waals surface area (Å²) < 4.78 is 40.2. The Balaban J connectivity index is 0.832. The van der Waals surface area contributed by atoms with E-state index in [1.165, 1.54) is 12.1 Å². The van der Waals surface area contributed by atoms with E-state index in [2.05, 4.69) is 54.9 Å². The highest BCUT2D eigenvalue weighted by Gasteiger charge is 2.35. The number of aryl methyl sites for hydroxylation is 2. The van der Waals surface area contributed by atoms with Gasteiger partial charge in [-0.1, -0.05) is 6.92 Å². The average Bonchev–Trinajstić information content (AvgIpc) is 3.73. The molecule has 16 heteroatoms. The van der Waals surface area contributed by atoms with E-state index in [1.807, 2.05) is 20.0 Å². The zero-order chi connectivity index (χ0) is 41.7. The molecule has 0 radical (unpaired) electrons. The van der Waals surface area contributed by atoms with Crippen molar-refractivity contribution in [1.29, 1.82) is 0 Å². The highest BCUT2D eigenvalue weighted by molar-refractivity contribution is 6.05. The first-order valence-corrected chi connectivity index (χ1v) is 21.0. The lowest BCUT2D eigenvalue weighted by atomic mass is 9.85. The van der Waals surface area contributed by atoms with Crippen molar-refractivity contribution in [3.8, 4) is 17.1 Å². The zero-order valence-electron chi connectivity index (χ0n) is 34.1. The van der Waals surface area contributed by atoms with E-state index in [0.717, 1.165) is 73.9 Å². The molecule has 2 bridgehead atoms. The number of hydrogen-bond donors (Lipinski definition) is 4. The third kappa shape index (κ3) is 8.04. The van der Waals surface area contributed by atoms with Crippen LogP contribution in [0.3, 0.4) is 0 Å². The van der Waals surface area contributed by atoms with Gasteiger partial charge in [-0.2, -0.15) is 5.10 Å². The summed E-state index contributed by atoms with van der Waals surface area (Å²) in [6.07, 6.45) is 7.23. The van der Waals surface area contributed by atoms with Gasteiger partial charge in [-0.3, -0.25) is 30.0 Å². The lowest BCUT2D eigenvalue weighted by Gasteiger charge is -2.42. The van der Waals surface area contributed by atoms with E-state index in [0.29, 0.717) is 59.7 Å². The number of anilines is 3. The maximum atomic E-state index is 15.1. The number of pyridine rings is 1. The number of nitrogens with zero attached hydrogens (tertiary/aromatic N) is 6. The van der Waals surface area contributed by atoms with E-state index in [1.54, 1.807) is 23.0 Å². The number of aromatic nitrogens is 5. The van der Waals surface area contributed by atoms with Crippen LogP contribution < -0.4 is 30.9 Å². The summed E-state index contributed by atoms with van der Waals surface area (Å²) in [4.78, 5) is 49.6. The highest BCUT2D eigenvalue weighted by atomic mass is 19.1. The monoisotopic (exact) mass is 820 g/mol. The highest BCUT2D eigenvalue weighted by Crippen LogP contribution is 2.35. The Labute approximate surface area is 346 Å². The Morgan fingerprint density at radius 2 is 1.68 bits per heavy atom. The van der Waals surface area contributed by atoms with Crippen LogP contribution in [0, 0.1) is 24.5 Å². The second kappa shape index (κ2) is 16.3. The number of imidazole rings is 1. The van der Waals surface area contributed by atoms with Crippen molar-refractivity contribution in [1.82, 2.24) is 34.9 Å².